The predicted octanol–water partition coefficient (Wildman–Crippen LogP) is 4.59. The van der Waals surface area contributed by atoms with E-state index in [0.29, 0.717) is 6.61 Å². The second-order valence-corrected chi connectivity index (χ2v) is 10.4. The summed E-state index contributed by atoms with van der Waals surface area (Å²) in [4.78, 5) is 8.85. The Balaban J connectivity index is 0.000000240. The third-order valence-corrected chi connectivity index (χ3v) is 5.19. The number of hydrogen-bond donors (Lipinski definition) is 2. The summed E-state index contributed by atoms with van der Waals surface area (Å²) >= 11 is 4.59. The molecule has 0 spiro atoms. The van der Waals surface area contributed by atoms with Crippen LogP contribution >= 0.6 is 6.49 Å². The van der Waals surface area contributed by atoms with Crippen molar-refractivity contribution in [1.29, 1.82) is 0 Å². The highest BCUT2D eigenvalue weighted by atomic mass is 32.5. The Hall–Kier alpha value is 0.530. The van der Waals surface area contributed by atoms with Gasteiger partial charge in [0.05, 0.1) is 6.61 Å². The van der Waals surface area contributed by atoms with Crippen molar-refractivity contribution in [1.82, 2.24) is 5.32 Å². The van der Waals surface area contributed by atoms with Crippen LogP contribution in [0.2, 0.25) is 0 Å². The van der Waals surface area contributed by atoms with Crippen LogP contribution in [-0.4, -0.2) is 30.2 Å². The Morgan fingerprint density at radius 3 is 1.71 bits per heavy atom. The molecule has 2 saturated carbocycles. The average molecular weight is 335 g/mol. The summed E-state index contributed by atoms with van der Waals surface area (Å²) in [6, 6.07) is 1.74. The Labute approximate surface area is 136 Å². The molecule has 0 aromatic heterocycles. The Morgan fingerprint density at radius 2 is 1.43 bits per heavy atom. The lowest BCUT2D eigenvalue weighted by Gasteiger charge is -2.30. The minimum atomic E-state index is -2.35. The van der Waals surface area contributed by atoms with Crippen LogP contribution in [0.15, 0.2) is 0 Å². The molecule has 2 N–H and O–H groups in total. The van der Waals surface area contributed by atoms with Crippen LogP contribution in [0.1, 0.15) is 77.6 Å². The first-order valence-corrected chi connectivity index (χ1v) is 11.8. The van der Waals surface area contributed by atoms with Gasteiger partial charge in [-0.2, -0.15) is 0 Å². The van der Waals surface area contributed by atoms with Crippen molar-refractivity contribution in [2.75, 3.05) is 13.3 Å². The van der Waals surface area contributed by atoms with E-state index in [1.165, 1.54) is 64.2 Å². The van der Waals surface area contributed by atoms with Gasteiger partial charge in [-0.05, 0) is 43.9 Å². The summed E-state index contributed by atoms with van der Waals surface area (Å²) in [7, 11) is 0. The van der Waals surface area contributed by atoms with Gasteiger partial charge in [0.2, 0.25) is 0 Å². The lowest BCUT2D eigenvalue weighted by molar-refractivity contribution is 0.291. The maximum absolute atomic E-state index is 8.85. The van der Waals surface area contributed by atoms with Crippen molar-refractivity contribution in [2.24, 2.45) is 0 Å². The van der Waals surface area contributed by atoms with E-state index >= 15 is 0 Å². The van der Waals surface area contributed by atoms with Crippen molar-refractivity contribution in [2.45, 2.75) is 89.6 Å². The molecule has 0 aromatic carbocycles. The standard InChI is InChI=1S/C12H23N.C4H11O2PS/c1-3-7-11(8-4-1)13-12-9-5-2-6-10-12;1-3-4-6-7(2,5)8/h11-13H,1-10H2;3-4H2,1-2H3,(H,5,8). The van der Waals surface area contributed by atoms with E-state index < -0.39 is 6.49 Å². The second kappa shape index (κ2) is 11.1. The average Bonchev–Trinajstić information content (AvgIpc) is 2.47. The fourth-order valence-corrected chi connectivity index (χ4v) is 3.88. The van der Waals surface area contributed by atoms with Crippen LogP contribution in [-0.2, 0) is 16.3 Å². The van der Waals surface area contributed by atoms with E-state index in [4.69, 9.17) is 9.42 Å². The van der Waals surface area contributed by atoms with Crippen LogP contribution in [0.4, 0.5) is 0 Å². The minimum Gasteiger partial charge on any atom is -0.345 e. The van der Waals surface area contributed by atoms with Crippen LogP contribution in [0, 0.1) is 0 Å². The molecule has 5 heteroatoms. The van der Waals surface area contributed by atoms with Crippen molar-refractivity contribution in [3.8, 4) is 0 Å². The lowest BCUT2D eigenvalue weighted by atomic mass is 9.91. The second-order valence-electron chi connectivity index (χ2n) is 6.47. The van der Waals surface area contributed by atoms with Crippen LogP contribution < -0.4 is 5.32 Å². The smallest absolute Gasteiger partial charge is 0.183 e. The van der Waals surface area contributed by atoms with E-state index in [9.17, 15) is 0 Å². The topological polar surface area (TPSA) is 41.5 Å². The lowest BCUT2D eigenvalue weighted by Crippen LogP contribution is -2.40. The van der Waals surface area contributed by atoms with Gasteiger partial charge in [0.1, 0.15) is 0 Å². The molecule has 2 aliphatic carbocycles. The fraction of sp³-hybridized carbons (Fsp3) is 1.00. The number of rotatable bonds is 5. The van der Waals surface area contributed by atoms with E-state index in [1.807, 2.05) is 6.92 Å². The van der Waals surface area contributed by atoms with Crippen LogP contribution in [0.5, 0.6) is 0 Å². The first kappa shape index (κ1) is 19.6. The predicted molar refractivity (Wildman–Crippen MR) is 95.6 cm³/mol. The fourth-order valence-electron chi connectivity index (χ4n) is 3.13. The maximum atomic E-state index is 8.85. The van der Waals surface area contributed by atoms with E-state index in [-0.39, 0.29) is 0 Å². The zero-order valence-electron chi connectivity index (χ0n) is 13.9. The molecule has 2 fully saturated rings. The monoisotopic (exact) mass is 335 g/mol. The van der Waals surface area contributed by atoms with Crippen LogP contribution in [0.25, 0.3) is 0 Å². The van der Waals surface area contributed by atoms with Crippen molar-refractivity contribution >= 4 is 18.3 Å². The largest absolute Gasteiger partial charge is 0.345 e. The van der Waals surface area contributed by atoms with Gasteiger partial charge in [0.25, 0.3) is 0 Å². The van der Waals surface area contributed by atoms with Gasteiger partial charge in [-0.15, -0.1) is 0 Å². The minimum absolute atomic E-state index is 0.574. The van der Waals surface area contributed by atoms with Crippen molar-refractivity contribution in [3.05, 3.63) is 0 Å². The van der Waals surface area contributed by atoms with Gasteiger partial charge in [0.15, 0.2) is 6.49 Å². The van der Waals surface area contributed by atoms with Gasteiger partial charge in [-0.3, -0.25) is 0 Å². The third-order valence-electron chi connectivity index (χ3n) is 4.22. The molecule has 0 aliphatic heterocycles. The molecule has 0 aromatic rings. The molecule has 0 amide bonds. The Morgan fingerprint density at radius 1 is 1.00 bits per heavy atom. The van der Waals surface area contributed by atoms with Crippen molar-refractivity contribution < 1.29 is 9.42 Å². The maximum Gasteiger partial charge on any atom is 0.183 e. The van der Waals surface area contributed by atoms with Gasteiger partial charge in [0, 0.05) is 18.7 Å². The summed E-state index contributed by atoms with van der Waals surface area (Å²) in [6.45, 7) is 1.76. The first-order valence-electron chi connectivity index (χ1n) is 8.72. The zero-order chi connectivity index (χ0) is 15.6. The zero-order valence-corrected chi connectivity index (χ0v) is 15.6. The van der Waals surface area contributed by atoms with Gasteiger partial charge in [-0.1, -0.05) is 45.4 Å². The number of hydrogen-bond acceptors (Lipinski definition) is 3. The SMILES string of the molecule is C1CCC(NC2CCCCC2)CC1.CCCOP(C)(O)=S. The van der Waals surface area contributed by atoms with Crippen molar-refractivity contribution in [3.63, 3.8) is 0 Å². The normalized spacial score (nSPS) is 24.0. The van der Waals surface area contributed by atoms with Gasteiger partial charge < -0.3 is 14.7 Å². The Kier molecular flexibility index (Phi) is 10.4. The van der Waals surface area contributed by atoms with E-state index in [0.717, 1.165) is 18.5 Å². The molecule has 0 heterocycles. The molecule has 1 unspecified atom stereocenters. The molecule has 126 valence electrons. The van der Waals surface area contributed by atoms with E-state index in [1.54, 1.807) is 6.66 Å². The molecular weight excluding hydrogens is 301 g/mol. The summed E-state index contributed by atoms with van der Waals surface area (Å²) in [5.41, 5.74) is 0. The Bertz CT molecular complexity index is 281. The molecule has 21 heavy (non-hydrogen) atoms. The summed E-state index contributed by atoms with van der Waals surface area (Å²) in [5, 5.41) is 3.86. The highest BCUT2D eigenvalue weighted by Crippen LogP contribution is 2.36. The van der Waals surface area contributed by atoms with Gasteiger partial charge in [-0.25, -0.2) is 0 Å². The summed E-state index contributed by atoms with van der Waals surface area (Å²) in [6.07, 6.45) is 15.5. The molecule has 2 aliphatic rings. The molecule has 0 bridgehead atoms. The molecule has 3 nitrogen and oxygen atoms in total. The molecule has 0 radical (unpaired) electrons. The molecule has 2 rings (SSSR count). The highest BCUT2D eigenvalue weighted by molar-refractivity contribution is 8.09. The highest BCUT2D eigenvalue weighted by Gasteiger charge is 2.19. The summed E-state index contributed by atoms with van der Waals surface area (Å²) in [5.74, 6) is 0. The van der Waals surface area contributed by atoms with Crippen LogP contribution in [0.3, 0.4) is 0 Å². The number of nitrogens with one attached hydrogen (secondary N) is 1. The molecule has 0 saturated heterocycles. The third kappa shape index (κ3) is 10.8. The van der Waals surface area contributed by atoms with E-state index in [2.05, 4.69) is 17.1 Å². The van der Waals surface area contributed by atoms with Gasteiger partial charge >= 0.3 is 0 Å². The molecular formula is C16H34NO2PS. The quantitative estimate of drug-likeness (QED) is 0.721. The molecule has 1 atom stereocenters. The first-order chi connectivity index (χ1) is 10.0. The summed E-state index contributed by atoms with van der Waals surface area (Å²) < 4.78 is 4.86.